The fraction of sp³-hybridized carbons (Fsp3) is 0.375. The fourth-order valence-corrected chi connectivity index (χ4v) is 4.41. The van der Waals surface area contributed by atoms with Gasteiger partial charge in [0.2, 0.25) is 0 Å². The van der Waals surface area contributed by atoms with Crippen molar-refractivity contribution in [1.82, 2.24) is 10.1 Å². The lowest BCUT2D eigenvalue weighted by Gasteiger charge is -2.25. The number of carbonyl (C=O) groups excluding carboxylic acids is 1. The summed E-state index contributed by atoms with van der Waals surface area (Å²) in [6.07, 6.45) is 0. The van der Waals surface area contributed by atoms with E-state index in [0.717, 1.165) is 21.5 Å². The molecule has 1 aliphatic rings. The molecule has 122 valence electrons. The number of amides is 1. The van der Waals surface area contributed by atoms with Gasteiger partial charge in [-0.05, 0) is 32.0 Å². The molecule has 1 aliphatic heterocycles. The predicted octanol–water partition coefficient (Wildman–Crippen LogP) is 3.95. The molecule has 1 saturated heterocycles. The van der Waals surface area contributed by atoms with E-state index in [2.05, 4.69) is 21.1 Å². The lowest BCUT2D eigenvalue weighted by molar-refractivity contribution is 0.0757. The van der Waals surface area contributed by atoms with E-state index in [4.69, 9.17) is 9.26 Å². The molecule has 2 heterocycles. The number of halogens is 1. The van der Waals surface area contributed by atoms with Gasteiger partial charge in [0.25, 0.3) is 5.91 Å². The molecule has 0 bridgehead atoms. The number of hydrogen-bond donors (Lipinski definition) is 0. The van der Waals surface area contributed by atoms with Gasteiger partial charge in [-0.3, -0.25) is 4.79 Å². The number of ether oxygens (including phenoxy) is 1. The maximum absolute atomic E-state index is 13.0. The smallest absolute Gasteiger partial charge is 0.260 e. The second-order valence-electron chi connectivity index (χ2n) is 5.31. The van der Waals surface area contributed by atoms with Crippen LogP contribution in [0, 0.1) is 13.8 Å². The second-order valence-corrected chi connectivity index (χ2v) is 7.41. The first-order valence-corrected chi connectivity index (χ1v) is 9.06. The summed E-state index contributed by atoms with van der Waals surface area (Å²) < 4.78 is 11.6. The Morgan fingerprint density at radius 2 is 2.26 bits per heavy atom. The molecule has 2 aromatic rings. The molecule has 23 heavy (non-hydrogen) atoms. The maximum Gasteiger partial charge on any atom is 0.260 e. The van der Waals surface area contributed by atoms with E-state index >= 15 is 0 Å². The van der Waals surface area contributed by atoms with E-state index in [1.807, 2.05) is 23.1 Å². The van der Waals surface area contributed by atoms with Crippen molar-refractivity contribution in [3.05, 3.63) is 45.3 Å². The highest BCUT2D eigenvalue weighted by Crippen LogP contribution is 2.43. The first-order valence-electron chi connectivity index (χ1n) is 7.21. The summed E-state index contributed by atoms with van der Waals surface area (Å²) in [5.41, 5.74) is 2.18. The lowest BCUT2D eigenvalue weighted by Crippen LogP contribution is -2.31. The first kappa shape index (κ1) is 16.4. The first-order chi connectivity index (χ1) is 11.0. The van der Waals surface area contributed by atoms with Crippen molar-refractivity contribution in [2.75, 3.05) is 19.4 Å². The van der Waals surface area contributed by atoms with Crippen molar-refractivity contribution in [2.24, 2.45) is 0 Å². The minimum absolute atomic E-state index is 0.0433. The molecule has 0 spiro atoms. The Bertz CT molecular complexity index is 727. The lowest BCUT2D eigenvalue weighted by atomic mass is 10.1. The Morgan fingerprint density at radius 1 is 1.48 bits per heavy atom. The van der Waals surface area contributed by atoms with Crippen LogP contribution < -0.4 is 4.74 Å². The van der Waals surface area contributed by atoms with Gasteiger partial charge < -0.3 is 14.2 Å². The van der Waals surface area contributed by atoms with Crippen LogP contribution in [0.5, 0.6) is 5.75 Å². The number of benzene rings is 1. The Labute approximate surface area is 147 Å². The number of carbonyl (C=O) groups is 1. The van der Waals surface area contributed by atoms with Gasteiger partial charge in [0.05, 0.1) is 12.8 Å². The highest BCUT2D eigenvalue weighted by atomic mass is 79.9. The summed E-state index contributed by atoms with van der Waals surface area (Å²) in [6, 6.07) is 5.86. The zero-order chi connectivity index (χ0) is 16.6. The molecule has 0 radical (unpaired) electrons. The summed E-state index contributed by atoms with van der Waals surface area (Å²) in [5.74, 6) is 2.18. The van der Waals surface area contributed by atoms with Gasteiger partial charge in [-0.1, -0.05) is 21.1 Å². The van der Waals surface area contributed by atoms with Crippen LogP contribution in [0.3, 0.4) is 0 Å². The minimum Gasteiger partial charge on any atom is -0.496 e. The third-order valence-electron chi connectivity index (χ3n) is 3.86. The van der Waals surface area contributed by atoms with Crippen molar-refractivity contribution < 1.29 is 14.1 Å². The molecule has 0 aliphatic carbocycles. The van der Waals surface area contributed by atoms with E-state index in [1.54, 1.807) is 32.7 Å². The Hall–Kier alpha value is -1.47. The van der Waals surface area contributed by atoms with Gasteiger partial charge in [0.15, 0.2) is 0 Å². The highest BCUT2D eigenvalue weighted by Gasteiger charge is 2.35. The van der Waals surface area contributed by atoms with Gasteiger partial charge in [-0.25, -0.2) is 0 Å². The molecule has 1 fully saturated rings. The summed E-state index contributed by atoms with van der Waals surface area (Å²) in [5, 5.41) is 3.81. The van der Waals surface area contributed by atoms with Crippen molar-refractivity contribution >= 4 is 33.6 Å². The second kappa shape index (κ2) is 6.57. The number of thioether (sulfide) groups is 1. The SMILES string of the molecule is COc1ccc(Br)cc1C1SCCN1C(=O)c1c(C)noc1C. The Balaban J connectivity index is 1.98. The number of rotatable bonds is 3. The van der Waals surface area contributed by atoms with E-state index in [0.29, 0.717) is 23.6 Å². The molecular formula is C16H17BrN2O3S. The molecule has 1 aromatic heterocycles. The highest BCUT2D eigenvalue weighted by molar-refractivity contribution is 9.10. The van der Waals surface area contributed by atoms with Crippen LogP contribution >= 0.6 is 27.7 Å². The van der Waals surface area contributed by atoms with Crippen molar-refractivity contribution in [1.29, 1.82) is 0 Å². The van der Waals surface area contributed by atoms with E-state index in [-0.39, 0.29) is 11.3 Å². The molecule has 5 nitrogen and oxygen atoms in total. The molecule has 1 aromatic carbocycles. The molecule has 1 amide bonds. The van der Waals surface area contributed by atoms with Crippen LogP contribution in [0.2, 0.25) is 0 Å². The van der Waals surface area contributed by atoms with Crippen LogP contribution in [0.15, 0.2) is 27.2 Å². The summed E-state index contributed by atoms with van der Waals surface area (Å²) in [7, 11) is 1.65. The number of methoxy groups -OCH3 is 1. The van der Waals surface area contributed by atoms with E-state index in [9.17, 15) is 4.79 Å². The third-order valence-corrected chi connectivity index (χ3v) is 5.59. The monoisotopic (exact) mass is 396 g/mol. The van der Waals surface area contributed by atoms with Gasteiger partial charge >= 0.3 is 0 Å². The predicted molar refractivity (Wildman–Crippen MR) is 92.9 cm³/mol. The van der Waals surface area contributed by atoms with E-state index < -0.39 is 0 Å². The molecule has 0 N–H and O–H groups in total. The largest absolute Gasteiger partial charge is 0.496 e. The maximum atomic E-state index is 13.0. The zero-order valence-electron chi connectivity index (χ0n) is 13.1. The zero-order valence-corrected chi connectivity index (χ0v) is 15.5. The average molecular weight is 397 g/mol. The van der Waals surface area contributed by atoms with Crippen LogP contribution in [-0.2, 0) is 0 Å². The average Bonchev–Trinajstić information content (AvgIpc) is 3.14. The summed E-state index contributed by atoms with van der Waals surface area (Å²) in [4.78, 5) is 14.8. The number of aromatic nitrogens is 1. The molecule has 1 unspecified atom stereocenters. The molecule has 0 saturated carbocycles. The van der Waals surface area contributed by atoms with Crippen LogP contribution in [0.1, 0.15) is 32.7 Å². The summed E-state index contributed by atoms with van der Waals surface area (Å²) in [6.45, 7) is 4.25. The van der Waals surface area contributed by atoms with Crippen molar-refractivity contribution in [3.63, 3.8) is 0 Å². The van der Waals surface area contributed by atoms with Crippen molar-refractivity contribution in [2.45, 2.75) is 19.2 Å². The van der Waals surface area contributed by atoms with E-state index in [1.165, 1.54) is 0 Å². The number of hydrogen-bond acceptors (Lipinski definition) is 5. The summed E-state index contributed by atoms with van der Waals surface area (Å²) >= 11 is 5.23. The fourth-order valence-electron chi connectivity index (χ4n) is 2.77. The van der Waals surface area contributed by atoms with Crippen LogP contribution in [0.25, 0.3) is 0 Å². The van der Waals surface area contributed by atoms with Crippen molar-refractivity contribution in [3.8, 4) is 5.75 Å². The normalized spacial score (nSPS) is 17.6. The Kier molecular flexibility index (Phi) is 4.68. The quantitative estimate of drug-likeness (QED) is 0.785. The molecule has 3 rings (SSSR count). The Morgan fingerprint density at radius 3 is 2.91 bits per heavy atom. The standard InChI is InChI=1S/C16H17BrN2O3S/c1-9-14(10(2)22-18-9)15(20)19-6-7-23-16(19)12-8-11(17)4-5-13(12)21-3/h4-5,8,16H,6-7H2,1-3H3. The van der Waals surface area contributed by atoms with Crippen LogP contribution in [0.4, 0.5) is 0 Å². The van der Waals surface area contributed by atoms with Gasteiger partial charge in [0, 0.05) is 22.3 Å². The van der Waals surface area contributed by atoms with Gasteiger partial charge in [-0.2, -0.15) is 0 Å². The van der Waals surface area contributed by atoms with Crippen LogP contribution in [-0.4, -0.2) is 35.4 Å². The topological polar surface area (TPSA) is 55.6 Å². The molecular weight excluding hydrogens is 380 g/mol. The number of aryl methyl sites for hydroxylation is 2. The van der Waals surface area contributed by atoms with Gasteiger partial charge in [0.1, 0.15) is 22.4 Å². The minimum atomic E-state index is -0.0800. The third kappa shape index (κ3) is 2.99. The molecule has 7 heteroatoms. The molecule has 1 atom stereocenters. The van der Waals surface area contributed by atoms with Gasteiger partial charge in [-0.15, -0.1) is 11.8 Å². The number of nitrogens with zero attached hydrogens (tertiary/aromatic N) is 2.